The molecule has 0 heterocycles. The Morgan fingerprint density at radius 2 is 1.19 bits per heavy atom. The highest BCUT2D eigenvalue weighted by Gasteiger charge is 2.23. The summed E-state index contributed by atoms with van der Waals surface area (Å²) in [5.41, 5.74) is 2.87. The van der Waals surface area contributed by atoms with Crippen LogP contribution in [0.2, 0.25) is 0 Å². The molecule has 0 spiro atoms. The highest BCUT2D eigenvalue weighted by molar-refractivity contribution is 5.87. The molecule has 0 saturated carbocycles. The summed E-state index contributed by atoms with van der Waals surface area (Å²) in [4.78, 5) is 37.7. The average molecular weight is 503 g/mol. The highest BCUT2D eigenvalue weighted by atomic mass is 16.6. The van der Waals surface area contributed by atoms with Gasteiger partial charge in [0.2, 0.25) is 0 Å². The topological polar surface area (TPSA) is 93.7 Å². The zero-order valence-corrected chi connectivity index (χ0v) is 21.1. The second-order valence-electron chi connectivity index (χ2n) is 9.00. The molecular weight excluding hydrogens is 468 g/mol. The van der Waals surface area contributed by atoms with Crippen LogP contribution in [0.4, 0.5) is 9.59 Å². The maximum Gasteiger partial charge on any atom is 0.408 e. The monoisotopic (exact) mass is 502 g/mol. The number of amides is 2. The van der Waals surface area contributed by atoms with Crippen LogP contribution < -0.4 is 10.6 Å². The van der Waals surface area contributed by atoms with Gasteiger partial charge in [0.25, 0.3) is 0 Å². The van der Waals surface area contributed by atoms with Crippen molar-refractivity contribution in [1.29, 1.82) is 0 Å². The van der Waals surface area contributed by atoms with E-state index in [0.29, 0.717) is 0 Å². The number of benzene rings is 3. The van der Waals surface area contributed by atoms with Gasteiger partial charge < -0.3 is 20.1 Å². The van der Waals surface area contributed by atoms with E-state index in [1.807, 2.05) is 97.9 Å². The molecule has 7 nitrogen and oxygen atoms in total. The Morgan fingerprint density at radius 3 is 1.73 bits per heavy atom. The summed E-state index contributed by atoms with van der Waals surface area (Å²) in [6.07, 6.45) is 0.0000327. The van der Waals surface area contributed by atoms with Crippen LogP contribution in [0.1, 0.15) is 36.5 Å². The first-order chi connectivity index (χ1) is 18.0. The molecule has 0 aliphatic heterocycles. The lowest BCUT2D eigenvalue weighted by molar-refractivity contribution is -0.122. The van der Waals surface area contributed by atoms with Crippen LogP contribution in [0.15, 0.2) is 91.0 Å². The summed E-state index contributed by atoms with van der Waals surface area (Å²) in [7, 11) is 0. The highest BCUT2D eigenvalue weighted by Crippen LogP contribution is 2.14. The number of hydrogen-bond acceptors (Lipinski definition) is 5. The molecule has 0 bridgehead atoms. The Balaban J connectivity index is 1.51. The molecule has 0 unspecified atom stereocenters. The Labute approximate surface area is 218 Å². The van der Waals surface area contributed by atoms with E-state index in [1.165, 1.54) is 0 Å². The summed E-state index contributed by atoms with van der Waals surface area (Å²) in [6, 6.07) is 27.8. The van der Waals surface area contributed by atoms with Crippen LogP contribution in [-0.4, -0.2) is 30.6 Å². The minimum absolute atomic E-state index is 0.0864. The number of ketones is 1. The van der Waals surface area contributed by atoms with E-state index in [9.17, 15) is 14.4 Å². The molecule has 37 heavy (non-hydrogen) atoms. The standard InChI is InChI=1S/C30H34N2O5/c1-23(19-24-11-5-2-6-12-24)20-28(33)27(32-30(35)37-22-26-15-9-4-10-16-26)17-18-31-29(34)36-21-25-13-7-3-8-14-25/h2-16,23,27H,17-22H2,1H3,(H,31,34)(H,32,35)/t23-,27-/m0/s1. The second kappa shape index (κ2) is 15.1. The third-order valence-corrected chi connectivity index (χ3v) is 5.79. The van der Waals surface area contributed by atoms with Crippen LogP contribution >= 0.6 is 0 Å². The van der Waals surface area contributed by atoms with E-state index in [-0.39, 0.29) is 44.3 Å². The van der Waals surface area contributed by atoms with E-state index in [0.717, 1.165) is 23.1 Å². The van der Waals surface area contributed by atoms with E-state index in [2.05, 4.69) is 10.6 Å². The number of hydrogen-bond donors (Lipinski definition) is 2. The quantitative estimate of drug-likeness (QED) is 0.325. The van der Waals surface area contributed by atoms with Gasteiger partial charge in [0.15, 0.2) is 5.78 Å². The number of rotatable bonds is 13. The maximum absolute atomic E-state index is 13.1. The predicted molar refractivity (Wildman–Crippen MR) is 142 cm³/mol. The van der Waals surface area contributed by atoms with Crippen LogP contribution in [0.25, 0.3) is 0 Å². The van der Waals surface area contributed by atoms with Crippen molar-refractivity contribution in [3.05, 3.63) is 108 Å². The summed E-state index contributed by atoms with van der Waals surface area (Å²) in [5, 5.41) is 5.34. The van der Waals surface area contributed by atoms with Crippen LogP contribution in [-0.2, 0) is 33.9 Å². The second-order valence-corrected chi connectivity index (χ2v) is 9.00. The van der Waals surface area contributed by atoms with Crippen molar-refractivity contribution in [2.75, 3.05) is 6.54 Å². The summed E-state index contributed by atoms with van der Waals surface area (Å²) in [6.45, 7) is 2.42. The van der Waals surface area contributed by atoms with Crippen molar-refractivity contribution in [2.24, 2.45) is 5.92 Å². The normalized spacial score (nSPS) is 12.1. The SMILES string of the molecule is C[C@H](CC(=O)[C@H](CCNC(=O)OCc1ccccc1)NC(=O)OCc1ccccc1)Cc1ccccc1. The Bertz CT molecular complexity index is 1110. The maximum atomic E-state index is 13.1. The molecule has 0 radical (unpaired) electrons. The van der Waals surface area contributed by atoms with Gasteiger partial charge in [-0.05, 0) is 35.4 Å². The number of alkyl carbamates (subject to hydrolysis) is 2. The first-order valence-corrected chi connectivity index (χ1v) is 12.5. The zero-order chi connectivity index (χ0) is 26.3. The Hall–Kier alpha value is -4.13. The molecule has 2 atom stereocenters. The van der Waals surface area contributed by atoms with Crippen LogP contribution in [0.3, 0.4) is 0 Å². The lowest BCUT2D eigenvalue weighted by Gasteiger charge is -2.20. The number of Topliss-reactive ketones (excluding diaryl/α,β-unsaturated/α-hetero) is 1. The molecule has 0 aromatic heterocycles. The van der Waals surface area contributed by atoms with Crippen molar-refractivity contribution in [2.45, 2.75) is 45.4 Å². The largest absolute Gasteiger partial charge is 0.445 e. The number of carbonyl (C=O) groups excluding carboxylic acids is 3. The molecule has 0 aliphatic carbocycles. The van der Waals surface area contributed by atoms with E-state index in [4.69, 9.17) is 9.47 Å². The third-order valence-electron chi connectivity index (χ3n) is 5.79. The number of ether oxygens (including phenoxy) is 2. The molecule has 0 aliphatic rings. The minimum Gasteiger partial charge on any atom is -0.445 e. The summed E-state index contributed by atoms with van der Waals surface area (Å²) in [5.74, 6) is -0.0251. The number of nitrogens with one attached hydrogen (secondary N) is 2. The van der Waals surface area contributed by atoms with Crippen LogP contribution in [0, 0.1) is 5.92 Å². The van der Waals surface area contributed by atoms with Gasteiger partial charge in [0, 0.05) is 13.0 Å². The zero-order valence-electron chi connectivity index (χ0n) is 21.1. The van der Waals surface area contributed by atoms with E-state index >= 15 is 0 Å². The smallest absolute Gasteiger partial charge is 0.408 e. The molecule has 0 fully saturated rings. The summed E-state index contributed by atoms with van der Waals surface area (Å²) >= 11 is 0. The van der Waals surface area contributed by atoms with Gasteiger partial charge in [-0.1, -0.05) is 97.9 Å². The van der Waals surface area contributed by atoms with Crippen molar-refractivity contribution in [3.63, 3.8) is 0 Å². The predicted octanol–water partition coefficient (Wildman–Crippen LogP) is 5.44. The molecule has 2 N–H and O–H groups in total. The van der Waals surface area contributed by atoms with Crippen molar-refractivity contribution in [1.82, 2.24) is 10.6 Å². The van der Waals surface area contributed by atoms with E-state index in [1.54, 1.807) is 0 Å². The minimum atomic E-state index is -0.795. The van der Waals surface area contributed by atoms with Gasteiger partial charge in [-0.25, -0.2) is 9.59 Å². The fourth-order valence-corrected chi connectivity index (χ4v) is 3.89. The fourth-order valence-electron chi connectivity index (χ4n) is 3.89. The third kappa shape index (κ3) is 10.6. The molecular formula is C30H34N2O5. The van der Waals surface area contributed by atoms with Gasteiger partial charge in [-0.3, -0.25) is 4.79 Å². The molecule has 7 heteroatoms. The van der Waals surface area contributed by atoms with Crippen LogP contribution in [0.5, 0.6) is 0 Å². The van der Waals surface area contributed by atoms with Gasteiger partial charge in [-0.15, -0.1) is 0 Å². The number of carbonyl (C=O) groups is 3. The van der Waals surface area contributed by atoms with Gasteiger partial charge >= 0.3 is 12.2 Å². The van der Waals surface area contributed by atoms with Crippen molar-refractivity contribution in [3.8, 4) is 0 Å². The molecule has 3 aromatic carbocycles. The molecule has 3 aromatic rings. The van der Waals surface area contributed by atoms with Crippen molar-refractivity contribution < 1.29 is 23.9 Å². The van der Waals surface area contributed by atoms with Gasteiger partial charge in [0.1, 0.15) is 13.2 Å². The van der Waals surface area contributed by atoms with Crippen molar-refractivity contribution >= 4 is 18.0 Å². The first-order valence-electron chi connectivity index (χ1n) is 12.5. The van der Waals surface area contributed by atoms with Gasteiger partial charge in [0.05, 0.1) is 6.04 Å². The average Bonchev–Trinajstić information content (AvgIpc) is 2.92. The fraction of sp³-hybridized carbons (Fsp3) is 0.300. The molecule has 2 amide bonds. The Morgan fingerprint density at radius 1 is 0.703 bits per heavy atom. The lowest BCUT2D eigenvalue weighted by Crippen LogP contribution is -2.44. The Kier molecular flexibility index (Phi) is 11.2. The van der Waals surface area contributed by atoms with Gasteiger partial charge in [-0.2, -0.15) is 0 Å². The molecule has 194 valence electrons. The van der Waals surface area contributed by atoms with E-state index < -0.39 is 18.2 Å². The first kappa shape index (κ1) is 27.5. The molecule has 0 saturated heterocycles. The summed E-state index contributed by atoms with van der Waals surface area (Å²) < 4.78 is 10.5. The molecule has 3 rings (SSSR count). The lowest BCUT2D eigenvalue weighted by atomic mass is 9.93.